The van der Waals surface area contributed by atoms with Gasteiger partial charge >= 0.3 is 6.18 Å². The van der Waals surface area contributed by atoms with E-state index in [4.69, 9.17) is 34.8 Å². The summed E-state index contributed by atoms with van der Waals surface area (Å²) in [7, 11) is 0. The van der Waals surface area contributed by atoms with E-state index in [-0.39, 0.29) is 20.8 Å². The number of halogens is 6. The van der Waals surface area contributed by atoms with Crippen LogP contribution in [0, 0.1) is 11.8 Å². The molecule has 1 atom stereocenters. The molecule has 1 heterocycles. The van der Waals surface area contributed by atoms with E-state index in [0.29, 0.717) is 12.5 Å². The van der Waals surface area contributed by atoms with Crippen LogP contribution in [0.25, 0.3) is 0 Å². The first-order valence-electron chi connectivity index (χ1n) is 6.99. The Kier molecular flexibility index (Phi) is 4.46. The average molecular weight is 388 g/mol. The molecule has 1 aliphatic carbocycles. The third kappa shape index (κ3) is 3.27. The van der Waals surface area contributed by atoms with Crippen molar-refractivity contribution >= 4 is 46.4 Å². The Morgan fingerprint density at radius 2 is 1.78 bits per heavy atom. The van der Waals surface area contributed by atoms with Crippen LogP contribution in [0.5, 0.6) is 0 Å². The van der Waals surface area contributed by atoms with E-state index in [1.807, 2.05) is 0 Å². The van der Waals surface area contributed by atoms with Crippen molar-refractivity contribution in [1.82, 2.24) is 5.01 Å². The molecule has 1 amide bonds. The van der Waals surface area contributed by atoms with Crippen molar-refractivity contribution in [2.24, 2.45) is 11.8 Å². The zero-order valence-electron chi connectivity index (χ0n) is 11.7. The minimum Gasteiger partial charge on any atom is -0.272 e. The molecule has 1 unspecified atom stereocenters. The predicted octanol–water partition coefficient (Wildman–Crippen LogP) is 4.80. The van der Waals surface area contributed by atoms with Crippen LogP contribution in [-0.4, -0.2) is 30.2 Å². The maximum absolute atomic E-state index is 13.1. The number of nitrogens with zero attached hydrogens (tertiary/aromatic N) is 2. The molecule has 0 bridgehead atoms. The number of carbonyl (C=O) groups is 1. The summed E-state index contributed by atoms with van der Waals surface area (Å²) in [5.41, 5.74) is 0.124. The highest BCUT2D eigenvalue weighted by Gasteiger charge is 2.54. The minimum atomic E-state index is -4.60. The van der Waals surface area contributed by atoms with Gasteiger partial charge in [-0.05, 0) is 30.9 Å². The molecule has 2 fully saturated rings. The fourth-order valence-corrected chi connectivity index (χ4v) is 3.22. The Morgan fingerprint density at radius 3 is 2.35 bits per heavy atom. The van der Waals surface area contributed by atoms with Gasteiger partial charge < -0.3 is 0 Å². The minimum absolute atomic E-state index is 0.0143. The smallest absolute Gasteiger partial charge is 0.272 e. The van der Waals surface area contributed by atoms with Gasteiger partial charge in [0.25, 0.3) is 5.91 Å². The van der Waals surface area contributed by atoms with Crippen LogP contribution < -0.4 is 5.01 Å². The van der Waals surface area contributed by atoms with Crippen molar-refractivity contribution in [2.75, 3.05) is 18.1 Å². The van der Waals surface area contributed by atoms with Crippen LogP contribution in [0.2, 0.25) is 15.1 Å². The first-order valence-corrected chi connectivity index (χ1v) is 8.12. The molecule has 3 rings (SSSR count). The summed E-state index contributed by atoms with van der Waals surface area (Å²) >= 11 is 17.9. The van der Waals surface area contributed by atoms with Gasteiger partial charge in [-0.15, -0.1) is 0 Å². The summed E-state index contributed by atoms with van der Waals surface area (Å²) in [6.07, 6.45) is -2.70. The molecule has 2 aliphatic rings. The molecule has 1 saturated heterocycles. The number of hydrazine groups is 1. The average Bonchev–Trinajstić information content (AvgIpc) is 3.20. The molecule has 1 aliphatic heterocycles. The Labute approximate surface area is 145 Å². The first kappa shape index (κ1) is 17.1. The van der Waals surface area contributed by atoms with Gasteiger partial charge in [-0.25, -0.2) is 10.0 Å². The van der Waals surface area contributed by atoms with Gasteiger partial charge in [-0.2, -0.15) is 13.2 Å². The fourth-order valence-electron chi connectivity index (χ4n) is 2.61. The zero-order chi connectivity index (χ0) is 16.9. The van der Waals surface area contributed by atoms with Crippen LogP contribution in [0.4, 0.5) is 18.9 Å². The van der Waals surface area contributed by atoms with E-state index in [0.717, 1.165) is 17.9 Å². The van der Waals surface area contributed by atoms with Crippen molar-refractivity contribution < 1.29 is 18.0 Å². The molecule has 0 N–H and O–H groups in total. The number of hydrogen-bond acceptors (Lipinski definition) is 2. The molecule has 23 heavy (non-hydrogen) atoms. The number of benzene rings is 1. The lowest BCUT2D eigenvalue weighted by atomic mass is 10.1. The predicted molar refractivity (Wildman–Crippen MR) is 82.8 cm³/mol. The van der Waals surface area contributed by atoms with E-state index in [9.17, 15) is 18.0 Å². The van der Waals surface area contributed by atoms with E-state index in [2.05, 4.69) is 0 Å². The summed E-state index contributed by atoms with van der Waals surface area (Å²) < 4.78 is 39.3. The van der Waals surface area contributed by atoms with Gasteiger partial charge in [0.05, 0.1) is 20.8 Å². The Morgan fingerprint density at radius 1 is 1.13 bits per heavy atom. The summed E-state index contributed by atoms with van der Waals surface area (Å²) in [5.74, 6) is -2.80. The van der Waals surface area contributed by atoms with Gasteiger partial charge in [0.15, 0.2) is 0 Å². The Bertz CT molecular complexity index is 649. The summed E-state index contributed by atoms with van der Waals surface area (Å²) in [6, 6.07) is 2.82. The van der Waals surface area contributed by atoms with Crippen molar-refractivity contribution in [3.63, 3.8) is 0 Å². The molecule has 1 aromatic carbocycles. The van der Waals surface area contributed by atoms with E-state index in [1.54, 1.807) is 0 Å². The lowest BCUT2D eigenvalue weighted by molar-refractivity contribution is -0.175. The number of amides is 1. The van der Waals surface area contributed by atoms with E-state index in [1.165, 1.54) is 17.1 Å². The largest absolute Gasteiger partial charge is 0.401 e. The second-order valence-corrected chi connectivity index (χ2v) is 6.92. The monoisotopic (exact) mass is 386 g/mol. The molecule has 0 radical (unpaired) electrons. The molecule has 1 saturated carbocycles. The summed E-state index contributed by atoms with van der Waals surface area (Å²) in [6.45, 7) is -0.0235. The van der Waals surface area contributed by atoms with Crippen LogP contribution in [0.3, 0.4) is 0 Å². The highest BCUT2D eigenvalue weighted by molar-refractivity contribution is 6.49. The second-order valence-electron chi connectivity index (χ2n) is 5.75. The van der Waals surface area contributed by atoms with Crippen molar-refractivity contribution in [1.29, 1.82) is 0 Å². The number of alkyl halides is 3. The third-order valence-electron chi connectivity index (χ3n) is 3.99. The fraction of sp³-hybridized carbons (Fsp3) is 0.500. The van der Waals surface area contributed by atoms with E-state index < -0.39 is 24.5 Å². The van der Waals surface area contributed by atoms with Gasteiger partial charge in [-0.1, -0.05) is 34.8 Å². The molecule has 1 aromatic rings. The highest BCUT2D eigenvalue weighted by Crippen LogP contribution is 2.43. The normalized spacial score (nSPS) is 23.0. The van der Waals surface area contributed by atoms with Gasteiger partial charge in [-0.3, -0.25) is 4.79 Å². The second kappa shape index (κ2) is 5.99. The molecular formula is C14H12Cl3F3N2O. The van der Waals surface area contributed by atoms with Crippen molar-refractivity contribution in [3.05, 3.63) is 27.2 Å². The van der Waals surface area contributed by atoms with Crippen LogP contribution in [0.1, 0.15) is 12.8 Å². The molecule has 3 nitrogen and oxygen atoms in total. The van der Waals surface area contributed by atoms with Crippen LogP contribution in [0.15, 0.2) is 12.1 Å². The summed E-state index contributed by atoms with van der Waals surface area (Å²) in [5, 5.41) is 2.56. The van der Waals surface area contributed by atoms with Gasteiger partial charge in [0.2, 0.25) is 0 Å². The lowest BCUT2D eigenvalue weighted by Crippen LogP contribution is -2.41. The zero-order valence-corrected chi connectivity index (χ0v) is 14.0. The van der Waals surface area contributed by atoms with E-state index >= 15 is 0 Å². The maximum atomic E-state index is 13.1. The Hall–Kier alpha value is -0.690. The topological polar surface area (TPSA) is 23.6 Å². The Balaban J connectivity index is 1.99. The number of anilines is 1. The van der Waals surface area contributed by atoms with Gasteiger partial charge in [0.1, 0.15) is 5.92 Å². The maximum Gasteiger partial charge on any atom is 0.401 e. The standard InChI is InChI=1S/C14H12Cl3F3N2O/c15-9-3-4-10(12(17)11(9)16)22-13(23)8(14(18,19)20)6-21(22)5-7-1-2-7/h3-4,7-8H,1-2,5-6H2. The SMILES string of the molecule is O=C1C(C(F)(F)F)CN(CC2CC2)N1c1ccc(Cl)c(Cl)c1Cl. The molecule has 0 spiro atoms. The number of carbonyl (C=O) groups excluding carboxylic acids is 1. The highest BCUT2D eigenvalue weighted by atomic mass is 35.5. The number of hydrogen-bond donors (Lipinski definition) is 0. The molecule has 0 aromatic heterocycles. The molecule has 9 heteroatoms. The lowest BCUT2D eigenvalue weighted by Gasteiger charge is -2.28. The quantitative estimate of drug-likeness (QED) is 0.696. The number of rotatable bonds is 3. The molecule has 126 valence electrons. The first-order chi connectivity index (χ1) is 10.7. The van der Waals surface area contributed by atoms with Crippen LogP contribution in [-0.2, 0) is 4.79 Å². The van der Waals surface area contributed by atoms with Crippen LogP contribution >= 0.6 is 34.8 Å². The van der Waals surface area contributed by atoms with Crippen molar-refractivity contribution in [2.45, 2.75) is 19.0 Å². The molecular weight excluding hydrogens is 376 g/mol. The third-order valence-corrected chi connectivity index (χ3v) is 5.27. The van der Waals surface area contributed by atoms with Crippen molar-refractivity contribution in [3.8, 4) is 0 Å². The van der Waals surface area contributed by atoms with Gasteiger partial charge in [0, 0.05) is 13.1 Å². The summed E-state index contributed by atoms with van der Waals surface area (Å²) in [4.78, 5) is 12.3.